The Kier molecular flexibility index (Phi) is 3.78. The molecule has 1 heteroatoms. The first kappa shape index (κ1) is 11.0. The van der Waals surface area contributed by atoms with Crippen molar-refractivity contribution in [1.82, 2.24) is 5.32 Å². The van der Waals surface area contributed by atoms with Crippen LogP contribution in [-0.2, 0) is 0 Å². The molecule has 0 spiro atoms. The summed E-state index contributed by atoms with van der Waals surface area (Å²) in [6.45, 7) is 7.19. The number of nitrogens with one attached hydrogen (secondary N) is 1. The summed E-state index contributed by atoms with van der Waals surface area (Å²) < 4.78 is 0. The van der Waals surface area contributed by atoms with E-state index in [1.807, 2.05) is 0 Å². The molecule has 1 aliphatic rings. The van der Waals surface area contributed by atoms with Gasteiger partial charge in [-0.3, -0.25) is 0 Å². The van der Waals surface area contributed by atoms with E-state index in [1.54, 1.807) is 0 Å². The molecule has 0 heterocycles. The molecule has 1 fully saturated rings. The molecule has 1 aliphatic carbocycles. The van der Waals surface area contributed by atoms with Gasteiger partial charge < -0.3 is 5.32 Å². The normalized spacial score (nSPS) is 33.2. The van der Waals surface area contributed by atoms with E-state index in [0.29, 0.717) is 5.41 Å². The molecule has 0 aliphatic heterocycles. The second kappa shape index (κ2) is 4.45. The first-order chi connectivity index (χ1) is 6.10. The number of hydrogen-bond donors (Lipinski definition) is 1. The number of hydrogen-bond acceptors (Lipinski definition) is 1. The minimum Gasteiger partial charge on any atom is -0.317 e. The van der Waals surface area contributed by atoms with Gasteiger partial charge in [0.2, 0.25) is 0 Å². The van der Waals surface area contributed by atoms with Crippen molar-refractivity contribution < 1.29 is 0 Å². The molecule has 2 atom stereocenters. The topological polar surface area (TPSA) is 12.0 Å². The predicted molar refractivity (Wildman–Crippen MR) is 58.9 cm³/mol. The zero-order valence-corrected chi connectivity index (χ0v) is 9.69. The predicted octanol–water partition coefficient (Wildman–Crippen LogP) is 3.20. The highest BCUT2D eigenvalue weighted by atomic mass is 14.9. The van der Waals surface area contributed by atoms with Crippen LogP contribution in [0.2, 0.25) is 0 Å². The first-order valence-corrected chi connectivity index (χ1v) is 5.77. The summed E-state index contributed by atoms with van der Waals surface area (Å²) in [4.78, 5) is 0. The van der Waals surface area contributed by atoms with Gasteiger partial charge in [0.15, 0.2) is 0 Å². The van der Waals surface area contributed by atoms with E-state index in [0.717, 1.165) is 12.0 Å². The Morgan fingerprint density at radius 2 is 2.08 bits per heavy atom. The molecule has 0 amide bonds. The molecule has 13 heavy (non-hydrogen) atoms. The Bertz CT molecular complexity index is 151. The van der Waals surface area contributed by atoms with Crippen molar-refractivity contribution in [3.05, 3.63) is 0 Å². The largest absolute Gasteiger partial charge is 0.317 e. The van der Waals surface area contributed by atoms with E-state index >= 15 is 0 Å². The van der Waals surface area contributed by atoms with Crippen molar-refractivity contribution in [2.75, 3.05) is 7.05 Å². The van der Waals surface area contributed by atoms with Gasteiger partial charge in [0, 0.05) is 6.04 Å². The highest BCUT2D eigenvalue weighted by molar-refractivity contribution is 4.88. The van der Waals surface area contributed by atoms with Crippen LogP contribution in [0, 0.1) is 11.3 Å². The molecule has 78 valence electrons. The molecule has 0 saturated heterocycles. The first-order valence-electron chi connectivity index (χ1n) is 5.77. The zero-order chi connectivity index (χ0) is 9.90. The lowest BCUT2D eigenvalue weighted by Crippen LogP contribution is -2.39. The van der Waals surface area contributed by atoms with Crippen LogP contribution in [0.3, 0.4) is 0 Å². The van der Waals surface area contributed by atoms with E-state index in [2.05, 4.69) is 33.1 Å². The maximum atomic E-state index is 3.43. The second-order valence-electron chi connectivity index (χ2n) is 5.23. The molecule has 0 bridgehead atoms. The Morgan fingerprint density at radius 3 is 2.62 bits per heavy atom. The third-order valence-electron chi connectivity index (χ3n) is 3.86. The molecule has 0 aromatic rings. The number of rotatable bonds is 3. The fourth-order valence-electron chi connectivity index (χ4n) is 2.65. The van der Waals surface area contributed by atoms with Gasteiger partial charge in [-0.15, -0.1) is 0 Å². The summed E-state index contributed by atoms with van der Waals surface area (Å²) in [5.41, 5.74) is 0.587. The lowest BCUT2D eigenvalue weighted by Gasteiger charge is -2.42. The van der Waals surface area contributed by atoms with E-state index in [4.69, 9.17) is 0 Å². The quantitative estimate of drug-likeness (QED) is 0.708. The van der Waals surface area contributed by atoms with Crippen LogP contribution in [0.25, 0.3) is 0 Å². The average molecular weight is 183 g/mol. The summed E-state index contributed by atoms with van der Waals surface area (Å²) in [7, 11) is 2.10. The maximum absolute atomic E-state index is 3.43. The lowest BCUT2D eigenvalue weighted by atomic mass is 9.66. The molecule has 0 aromatic heterocycles. The Morgan fingerprint density at radius 1 is 1.38 bits per heavy atom. The molecule has 0 radical (unpaired) electrons. The molecule has 1 rings (SSSR count). The Balaban J connectivity index is 2.52. The third kappa shape index (κ3) is 2.70. The van der Waals surface area contributed by atoms with Crippen LogP contribution in [0.4, 0.5) is 0 Å². The molecule has 1 saturated carbocycles. The SMILES string of the molecule is CCCC1CC(NC)CCC1(C)C. The van der Waals surface area contributed by atoms with E-state index < -0.39 is 0 Å². The Hall–Kier alpha value is -0.0400. The minimum absolute atomic E-state index is 0.587. The van der Waals surface area contributed by atoms with Gasteiger partial charge in [-0.05, 0) is 37.6 Å². The molecular formula is C12H25N. The van der Waals surface area contributed by atoms with Gasteiger partial charge in [0.25, 0.3) is 0 Å². The van der Waals surface area contributed by atoms with Crippen LogP contribution in [0.5, 0.6) is 0 Å². The summed E-state index contributed by atoms with van der Waals surface area (Å²) in [5, 5.41) is 3.43. The van der Waals surface area contributed by atoms with Gasteiger partial charge in [-0.2, -0.15) is 0 Å². The third-order valence-corrected chi connectivity index (χ3v) is 3.86. The van der Waals surface area contributed by atoms with Gasteiger partial charge >= 0.3 is 0 Å². The summed E-state index contributed by atoms with van der Waals surface area (Å²) in [5.74, 6) is 0.934. The van der Waals surface area contributed by atoms with Crippen LogP contribution in [0.15, 0.2) is 0 Å². The molecule has 0 aromatic carbocycles. The standard InChI is InChI=1S/C12H25N/c1-5-6-10-9-11(13-4)7-8-12(10,2)3/h10-11,13H,5-9H2,1-4H3. The van der Waals surface area contributed by atoms with Crippen LogP contribution < -0.4 is 5.32 Å². The van der Waals surface area contributed by atoms with Crippen molar-refractivity contribution in [2.24, 2.45) is 11.3 Å². The second-order valence-corrected chi connectivity index (χ2v) is 5.23. The van der Waals surface area contributed by atoms with Gasteiger partial charge in [-0.1, -0.05) is 33.6 Å². The van der Waals surface area contributed by atoms with Crippen LogP contribution >= 0.6 is 0 Å². The molecular weight excluding hydrogens is 158 g/mol. The lowest BCUT2D eigenvalue weighted by molar-refractivity contribution is 0.106. The van der Waals surface area contributed by atoms with Crippen molar-refractivity contribution >= 4 is 0 Å². The summed E-state index contributed by atoms with van der Waals surface area (Å²) in [6, 6.07) is 0.782. The van der Waals surface area contributed by atoms with E-state index in [1.165, 1.54) is 32.1 Å². The van der Waals surface area contributed by atoms with Crippen molar-refractivity contribution in [2.45, 2.75) is 58.9 Å². The van der Waals surface area contributed by atoms with Crippen molar-refractivity contribution in [3.63, 3.8) is 0 Å². The molecule has 1 nitrogen and oxygen atoms in total. The van der Waals surface area contributed by atoms with Gasteiger partial charge in [0.1, 0.15) is 0 Å². The van der Waals surface area contributed by atoms with Gasteiger partial charge in [0.05, 0.1) is 0 Å². The van der Waals surface area contributed by atoms with Crippen LogP contribution in [-0.4, -0.2) is 13.1 Å². The average Bonchev–Trinajstić information content (AvgIpc) is 2.09. The van der Waals surface area contributed by atoms with Gasteiger partial charge in [-0.25, -0.2) is 0 Å². The monoisotopic (exact) mass is 183 g/mol. The highest BCUT2D eigenvalue weighted by Gasteiger charge is 2.34. The summed E-state index contributed by atoms with van der Waals surface area (Å²) >= 11 is 0. The molecule has 2 unspecified atom stereocenters. The van der Waals surface area contributed by atoms with E-state index in [-0.39, 0.29) is 0 Å². The van der Waals surface area contributed by atoms with E-state index in [9.17, 15) is 0 Å². The smallest absolute Gasteiger partial charge is 0.00671 e. The van der Waals surface area contributed by atoms with Crippen LogP contribution in [0.1, 0.15) is 52.9 Å². The Labute approximate surface area is 83.3 Å². The van der Waals surface area contributed by atoms with Crippen molar-refractivity contribution in [3.8, 4) is 0 Å². The minimum atomic E-state index is 0.587. The maximum Gasteiger partial charge on any atom is 0.00671 e. The van der Waals surface area contributed by atoms with Crippen molar-refractivity contribution in [1.29, 1.82) is 0 Å². The fraction of sp³-hybridized carbons (Fsp3) is 1.00. The highest BCUT2D eigenvalue weighted by Crippen LogP contribution is 2.42. The molecule has 1 N–H and O–H groups in total. The summed E-state index contributed by atoms with van der Waals surface area (Å²) in [6.07, 6.45) is 6.89. The fourth-order valence-corrected chi connectivity index (χ4v) is 2.65. The zero-order valence-electron chi connectivity index (χ0n) is 9.69.